The maximum atomic E-state index is 12.0. The normalized spacial score (nSPS) is 11.2. The van der Waals surface area contributed by atoms with Gasteiger partial charge < -0.3 is 15.4 Å². The van der Waals surface area contributed by atoms with Gasteiger partial charge in [0.2, 0.25) is 11.9 Å². The van der Waals surface area contributed by atoms with Crippen LogP contribution in [0.1, 0.15) is 26.2 Å². The molecule has 0 aliphatic heterocycles. The molecule has 0 aromatic carbocycles. The highest BCUT2D eigenvalue weighted by Crippen LogP contribution is 2.22. The highest BCUT2D eigenvalue weighted by Gasteiger charge is 2.25. The summed E-state index contributed by atoms with van der Waals surface area (Å²) in [6, 6.07) is 0.171. The number of anilines is 2. The van der Waals surface area contributed by atoms with Gasteiger partial charge in [-0.15, -0.1) is 0 Å². The first kappa shape index (κ1) is 16.3. The van der Waals surface area contributed by atoms with Crippen molar-refractivity contribution >= 4 is 11.9 Å². The number of unbranched alkanes of at least 4 members (excludes halogenated alkanes) is 1. The summed E-state index contributed by atoms with van der Waals surface area (Å²) in [6.07, 6.45) is -4.44. The first-order chi connectivity index (χ1) is 9.44. The van der Waals surface area contributed by atoms with Crippen LogP contribution < -0.4 is 15.4 Å². The summed E-state index contributed by atoms with van der Waals surface area (Å²) < 4.78 is 41.1. The Bertz CT molecular complexity index is 414. The van der Waals surface area contributed by atoms with E-state index in [0.29, 0.717) is 25.5 Å². The molecule has 114 valence electrons. The van der Waals surface area contributed by atoms with Gasteiger partial charge in [0, 0.05) is 20.0 Å². The molecule has 0 radical (unpaired) electrons. The fourth-order valence-electron chi connectivity index (χ4n) is 1.39. The molecular weight excluding hydrogens is 275 g/mol. The number of aromatic nitrogens is 3. The Kier molecular flexibility index (Phi) is 6.26. The van der Waals surface area contributed by atoms with E-state index in [1.165, 1.54) is 0 Å². The number of nitrogens with zero attached hydrogens (tertiary/aromatic N) is 3. The van der Waals surface area contributed by atoms with Crippen LogP contribution in [0, 0.1) is 0 Å². The molecule has 0 aliphatic rings. The third-order valence-electron chi connectivity index (χ3n) is 2.28. The molecule has 20 heavy (non-hydrogen) atoms. The average molecular weight is 293 g/mol. The number of nitrogens with one attached hydrogen (secondary N) is 2. The quantitative estimate of drug-likeness (QED) is 0.717. The molecular formula is C11H18F3N5O. The molecule has 0 amide bonds. The van der Waals surface area contributed by atoms with Crippen LogP contribution in [0.5, 0.6) is 6.01 Å². The summed E-state index contributed by atoms with van der Waals surface area (Å²) in [7, 11) is 1.65. The van der Waals surface area contributed by atoms with Crippen molar-refractivity contribution in [2.24, 2.45) is 0 Å². The molecule has 6 nitrogen and oxygen atoms in total. The fraction of sp³-hybridized carbons (Fsp3) is 0.727. The number of rotatable bonds is 8. The van der Waals surface area contributed by atoms with Gasteiger partial charge in [0.15, 0.2) is 0 Å². The zero-order chi connectivity index (χ0) is 15.0. The third kappa shape index (κ3) is 6.39. The minimum atomic E-state index is -4.10. The highest BCUT2D eigenvalue weighted by atomic mass is 19.4. The number of halogens is 3. The smallest absolute Gasteiger partial charge is 0.389 e. The molecule has 0 bridgehead atoms. The molecule has 0 atom stereocenters. The molecule has 1 aromatic heterocycles. The summed E-state index contributed by atoms with van der Waals surface area (Å²) in [5.41, 5.74) is 0. The molecule has 1 rings (SSSR count). The minimum absolute atomic E-state index is 0.0682. The van der Waals surface area contributed by atoms with Crippen molar-refractivity contribution in [2.45, 2.75) is 32.4 Å². The summed E-state index contributed by atoms with van der Waals surface area (Å²) in [5.74, 6) is 0.612. The van der Waals surface area contributed by atoms with E-state index < -0.39 is 12.6 Å². The molecule has 9 heteroatoms. The van der Waals surface area contributed by atoms with Crippen LogP contribution in [0.4, 0.5) is 25.1 Å². The van der Waals surface area contributed by atoms with Crippen molar-refractivity contribution < 1.29 is 17.9 Å². The Hall–Kier alpha value is -1.80. The van der Waals surface area contributed by atoms with Crippen molar-refractivity contribution in [1.29, 1.82) is 0 Å². The van der Waals surface area contributed by atoms with Crippen LogP contribution in [0.15, 0.2) is 0 Å². The van der Waals surface area contributed by atoms with E-state index >= 15 is 0 Å². The minimum Gasteiger partial charge on any atom is -0.464 e. The van der Waals surface area contributed by atoms with Gasteiger partial charge in [-0.3, -0.25) is 0 Å². The molecule has 0 spiro atoms. The van der Waals surface area contributed by atoms with Crippen LogP contribution in [0.25, 0.3) is 0 Å². The van der Waals surface area contributed by atoms with Gasteiger partial charge in [0.25, 0.3) is 0 Å². The standard InChI is InChI=1S/C11H18F3N5O/c1-3-20-10-18-8(15-2)17-9(19-10)16-7-5-4-6-11(12,13)14/h3-7H2,1-2H3,(H2,15,16,17,18,19). The maximum absolute atomic E-state index is 12.0. The van der Waals surface area contributed by atoms with Crippen molar-refractivity contribution in [2.75, 3.05) is 30.8 Å². The van der Waals surface area contributed by atoms with E-state index in [0.717, 1.165) is 0 Å². The maximum Gasteiger partial charge on any atom is 0.389 e. The lowest BCUT2D eigenvalue weighted by molar-refractivity contribution is -0.135. The second kappa shape index (κ2) is 7.71. The Morgan fingerprint density at radius 2 is 1.80 bits per heavy atom. The molecule has 0 fully saturated rings. The Morgan fingerprint density at radius 3 is 2.40 bits per heavy atom. The Labute approximate surface area is 115 Å². The molecule has 0 unspecified atom stereocenters. The lowest BCUT2D eigenvalue weighted by Gasteiger charge is -2.09. The van der Waals surface area contributed by atoms with Gasteiger partial charge in [0.05, 0.1) is 6.61 Å². The second-order valence-electron chi connectivity index (χ2n) is 3.95. The van der Waals surface area contributed by atoms with Gasteiger partial charge in [0.1, 0.15) is 0 Å². The first-order valence-electron chi connectivity index (χ1n) is 6.32. The van der Waals surface area contributed by atoms with E-state index in [1.807, 2.05) is 0 Å². The largest absolute Gasteiger partial charge is 0.464 e. The van der Waals surface area contributed by atoms with Crippen LogP contribution in [-0.2, 0) is 0 Å². The van der Waals surface area contributed by atoms with E-state index in [4.69, 9.17) is 4.74 Å². The van der Waals surface area contributed by atoms with Gasteiger partial charge in [-0.2, -0.15) is 28.1 Å². The molecule has 0 aliphatic carbocycles. The van der Waals surface area contributed by atoms with Crippen molar-refractivity contribution in [3.8, 4) is 6.01 Å². The van der Waals surface area contributed by atoms with Crippen molar-refractivity contribution in [1.82, 2.24) is 15.0 Å². The van der Waals surface area contributed by atoms with Crippen LogP contribution in [0.3, 0.4) is 0 Å². The summed E-state index contributed by atoms with van der Waals surface area (Å²) in [4.78, 5) is 12.0. The molecule has 1 heterocycles. The zero-order valence-corrected chi connectivity index (χ0v) is 11.4. The first-order valence-corrected chi connectivity index (χ1v) is 6.32. The van der Waals surface area contributed by atoms with E-state index in [2.05, 4.69) is 25.6 Å². The van der Waals surface area contributed by atoms with Crippen molar-refractivity contribution in [3.63, 3.8) is 0 Å². The van der Waals surface area contributed by atoms with Crippen LogP contribution in [-0.4, -0.2) is 41.3 Å². The lowest BCUT2D eigenvalue weighted by Crippen LogP contribution is -2.11. The number of alkyl halides is 3. The summed E-state index contributed by atoms with van der Waals surface area (Å²) >= 11 is 0. The van der Waals surface area contributed by atoms with E-state index in [-0.39, 0.29) is 18.4 Å². The second-order valence-corrected chi connectivity index (χ2v) is 3.95. The number of hydrogen-bond donors (Lipinski definition) is 2. The molecule has 2 N–H and O–H groups in total. The lowest BCUT2D eigenvalue weighted by atomic mass is 10.2. The molecule has 0 saturated carbocycles. The van der Waals surface area contributed by atoms with Gasteiger partial charge >= 0.3 is 12.2 Å². The predicted molar refractivity (Wildman–Crippen MR) is 68.9 cm³/mol. The van der Waals surface area contributed by atoms with E-state index in [9.17, 15) is 13.2 Å². The SMILES string of the molecule is CCOc1nc(NC)nc(NCCCCC(F)(F)F)n1. The monoisotopic (exact) mass is 293 g/mol. The van der Waals surface area contributed by atoms with Crippen LogP contribution in [0.2, 0.25) is 0 Å². The predicted octanol–water partition coefficient (Wildman–Crippen LogP) is 2.46. The Morgan fingerprint density at radius 1 is 1.10 bits per heavy atom. The number of ether oxygens (including phenoxy) is 1. The summed E-state index contributed by atoms with van der Waals surface area (Å²) in [6.45, 7) is 2.57. The van der Waals surface area contributed by atoms with Crippen LogP contribution >= 0.6 is 0 Å². The summed E-state index contributed by atoms with van der Waals surface area (Å²) in [5, 5.41) is 5.61. The topological polar surface area (TPSA) is 72.0 Å². The molecule has 0 saturated heterocycles. The fourth-order valence-corrected chi connectivity index (χ4v) is 1.39. The Balaban J connectivity index is 2.44. The average Bonchev–Trinajstić information content (AvgIpc) is 2.37. The zero-order valence-electron chi connectivity index (χ0n) is 11.4. The van der Waals surface area contributed by atoms with Gasteiger partial charge in [-0.25, -0.2) is 0 Å². The highest BCUT2D eigenvalue weighted by molar-refractivity contribution is 5.35. The van der Waals surface area contributed by atoms with Crippen molar-refractivity contribution in [3.05, 3.63) is 0 Å². The third-order valence-corrected chi connectivity index (χ3v) is 2.28. The van der Waals surface area contributed by atoms with Gasteiger partial charge in [-0.05, 0) is 19.8 Å². The van der Waals surface area contributed by atoms with E-state index in [1.54, 1.807) is 14.0 Å². The number of hydrogen-bond acceptors (Lipinski definition) is 6. The molecule has 1 aromatic rings. The van der Waals surface area contributed by atoms with Gasteiger partial charge in [-0.1, -0.05) is 0 Å².